The predicted molar refractivity (Wildman–Crippen MR) is 140 cm³/mol. The molecule has 1 fully saturated rings. The molecule has 0 aliphatic carbocycles. The molecule has 1 aliphatic rings. The fourth-order valence-electron chi connectivity index (χ4n) is 4.33. The van der Waals surface area contributed by atoms with Crippen molar-refractivity contribution in [2.45, 2.75) is 13.5 Å². The molecule has 35 heavy (non-hydrogen) atoms. The van der Waals surface area contributed by atoms with Gasteiger partial charge in [-0.05, 0) is 48.9 Å². The molecule has 6 heteroatoms. The number of benzene rings is 3. The number of hydrogen-bond acceptors (Lipinski definition) is 5. The van der Waals surface area contributed by atoms with E-state index in [9.17, 15) is 4.79 Å². The quantitative estimate of drug-likeness (QED) is 0.428. The Hall–Kier alpha value is -4.03. The fraction of sp³-hybridized carbons (Fsp3) is 0.207. The van der Waals surface area contributed by atoms with Crippen molar-refractivity contribution in [3.05, 3.63) is 108 Å². The molecule has 4 aromatic rings. The highest BCUT2D eigenvalue weighted by Crippen LogP contribution is 2.21. The van der Waals surface area contributed by atoms with E-state index in [1.165, 1.54) is 11.1 Å². The Bertz CT molecular complexity index is 1280. The highest BCUT2D eigenvalue weighted by Gasteiger charge is 2.22. The maximum absolute atomic E-state index is 13.0. The second-order valence-corrected chi connectivity index (χ2v) is 8.89. The second kappa shape index (κ2) is 10.5. The summed E-state index contributed by atoms with van der Waals surface area (Å²) in [5.41, 5.74) is 5.05. The number of piperazine rings is 1. The Morgan fingerprint density at radius 1 is 0.886 bits per heavy atom. The van der Waals surface area contributed by atoms with Gasteiger partial charge in [0.1, 0.15) is 5.82 Å². The lowest BCUT2D eigenvalue weighted by Gasteiger charge is -2.34. The summed E-state index contributed by atoms with van der Waals surface area (Å²) >= 11 is 0. The van der Waals surface area contributed by atoms with Gasteiger partial charge in [0.2, 0.25) is 0 Å². The van der Waals surface area contributed by atoms with E-state index in [4.69, 9.17) is 0 Å². The van der Waals surface area contributed by atoms with Gasteiger partial charge in [-0.1, -0.05) is 54.1 Å². The third kappa shape index (κ3) is 5.73. The zero-order valence-corrected chi connectivity index (χ0v) is 19.9. The number of amides is 1. The van der Waals surface area contributed by atoms with E-state index in [1.807, 2.05) is 53.4 Å². The monoisotopic (exact) mass is 463 g/mol. The highest BCUT2D eigenvalue weighted by molar-refractivity contribution is 5.94. The zero-order valence-electron chi connectivity index (χ0n) is 19.9. The second-order valence-electron chi connectivity index (χ2n) is 8.89. The molecule has 5 rings (SSSR count). The third-order valence-electron chi connectivity index (χ3n) is 6.24. The van der Waals surface area contributed by atoms with Crippen molar-refractivity contribution in [3.63, 3.8) is 0 Å². The summed E-state index contributed by atoms with van der Waals surface area (Å²) < 4.78 is 0. The molecule has 1 aromatic heterocycles. The first-order chi connectivity index (χ1) is 17.1. The molecule has 0 radical (unpaired) electrons. The van der Waals surface area contributed by atoms with Gasteiger partial charge in [-0.2, -0.15) is 0 Å². The Kier molecular flexibility index (Phi) is 6.82. The van der Waals surface area contributed by atoms with Crippen LogP contribution in [0.4, 0.5) is 11.5 Å². The molecule has 6 nitrogen and oxygen atoms in total. The number of carbonyl (C=O) groups excluding carboxylic acids is 1. The molecule has 0 spiro atoms. The van der Waals surface area contributed by atoms with Crippen LogP contribution in [-0.2, 0) is 6.54 Å². The van der Waals surface area contributed by atoms with E-state index >= 15 is 0 Å². The molecule has 1 amide bonds. The minimum atomic E-state index is 0.0830. The van der Waals surface area contributed by atoms with E-state index in [2.05, 4.69) is 63.5 Å². The summed E-state index contributed by atoms with van der Waals surface area (Å²) in [6.45, 7) is 6.24. The molecule has 0 saturated carbocycles. The van der Waals surface area contributed by atoms with Crippen molar-refractivity contribution < 1.29 is 4.79 Å². The van der Waals surface area contributed by atoms with Gasteiger partial charge >= 0.3 is 0 Å². The molecule has 1 saturated heterocycles. The van der Waals surface area contributed by atoms with E-state index in [0.717, 1.165) is 44.0 Å². The Labute approximate surface area is 206 Å². The van der Waals surface area contributed by atoms with Crippen molar-refractivity contribution in [2.75, 3.05) is 31.5 Å². The van der Waals surface area contributed by atoms with E-state index in [1.54, 1.807) is 6.20 Å². The molecule has 0 unspecified atom stereocenters. The molecule has 0 bridgehead atoms. The minimum absolute atomic E-state index is 0.0830. The minimum Gasteiger partial charge on any atom is -0.340 e. The predicted octanol–water partition coefficient (Wildman–Crippen LogP) is 5.15. The van der Waals surface area contributed by atoms with Gasteiger partial charge in [0.05, 0.1) is 0 Å². The Morgan fingerprint density at radius 3 is 2.40 bits per heavy atom. The van der Waals surface area contributed by atoms with Gasteiger partial charge in [-0.3, -0.25) is 9.69 Å². The number of anilines is 2. The summed E-state index contributed by atoms with van der Waals surface area (Å²) in [6.07, 6.45) is 1.75. The molecule has 0 atom stereocenters. The van der Waals surface area contributed by atoms with Gasteiger partial charge in [0, 0.05) is 55.7 Å². The Morgan fingerprint density at radius 2 is 1.66 bits per heavy atom. The van der Waals surface area contributed by atoms with Crippen LogP contribution in [-0.4, -0.2) is 51.9 Å². The lowest BCUT2D eigenvalue weighted by atomic mass is 10.1. The van der Waals surface area contributed by atoms with Crippen LogP contribution in [0.2, 0.25) is 0 Å². The van der Waals surface area contributed by atoms with Crippen molar-refractivity contribution >= 4 is 17.4 Å². The van der Waals surface area contributed by atoms with Crippen molar-refractivity contribution in [1.82, 2.24) is 19.8 Å². The topological polar surface area (TPSA) is 61.4 Å². The average Bonchev–Trinajstić information content (AvgIpc) is 2.90. The SMILES string of the molecule is Cc1cccc(-c2nccc(Nc3ccc(C(=O)N4CCN(Cc5ccccc5)CC4)cc3)n2)c1. The summed E-state index contributed by atoms with van der Waals surface area (Å²) in [7, 11) is 0. The maximum Gasteiger partial charge on any atom is 0.253 e. The first-order valence-electron chi connectivity index (χ1n) is 12.0. The van der Waals surface area contributed by atoms with E-state index < -0.39 is 0 Å². The van der Waals surface area contributed by atoms with Crippen LogP contribution in [0.15, 0.2) is 91.1 Å². The number of carbonyl (C=O) groups is 1. The number of hydrogen-bond donors (Lipinski definition) is 1. The van der Waals surface area contributed by atoms with Gasteiger partial charge < -0.3 is 10.2 Å². The number of rotatable bonds is 6. The van der Waals surface area contributed by atoms with Gasteiger partial charge in [0.25, 0.3) is 5.91 Å². The number of nitrogens with one attached hydrogen (secondary N) is 1. The lowest BCUT2D eigenvalue weighted by Crippen LogP contribution is -2.48. The van der Waals surface area contributed by atoms with Crippen LogP contribution in [0, 0.1) is 6.92 Å². The largest absolute Gasteiger partial charge is 0.340 e. The number of nitrogens with zero attached hydrogens (tertiary/aromatic N) is 4. The smallest absolute Gasteiger partial charge is 0.253 e. The first-order valence-corrected chi connectivity index (χ1v) is 12.0. The molecular weight excluding hydrogens is 434 g/mol. The fourth-order valence-corrected chi connectivity index (χ4v) is 4.33. The van der Waals surface area contributed by atoms with Crippen LogP contribution < -0.4 is 5.32 Å². The van der Waals surface area contributed by atoms with E-state index in [0.29, 0.717) is 17.2 Å². The molecule has 1 N–H and O–H groups in total. The third-order valence-corrected chi connectivity index (χ3v) is 6.24. The van der Waals surface area contributed by atoms with Gasteiger partial charge in [0.15, 0.2) is 5.82 Å². The van der Waals surface area contributed by atoms with Gasteiger partial charge in [-0.15, -0.1) is 0 Å². The average molecular weight is 464 g/mol. The summed E-state index contributed by atoms with van der Waals surface area (Å²) in [5, 5.41) is 3.32. The maximum atomic E-state index is 13.0. The molecular formula is C29H29N5O. The molecule has 3 aromatic carbocycles. The summed E-state index contributed by atoms with van der Waals surface area (Å²) in [4.78, 5) is 26.4. The molecule has 2 heterocycles. The number of aromatic nitrogens is 2. The van der Waals surface area contributed by atoms with Crippen LogP contribution in [0.5, 0.6) is 0 Å². The normalized spacial score (nSPS) is 14.0. The highest BCUT2D eigenvalue weighted by atomic mass is 16.2. The van der Waals surface area contributed by atoms with Crippen LogP contribution in [0.3, 0.4) is 0 Å². The van der Waals surface area contributed by atoms with Crippen molar-refractivity contribution in [3.8, 4) is 11.4 Å². The molecule has 1 aliphatic heterocycles. The van der Waals surface area contributed by atoms with Crippen LogP contribution in [0.25, 0.3) is 11.4 Å². The van der Waals surface area contributed by atoms with Crippen molar-refractivity contribution in [2.24, 2.45) is 0 Å². The van der Waals surface area contributed by atoms with Crippen LogP contribution in [0.1, 0.15) is 21.5 Å². The zero-order chi connectivity index (χ0) is 24.0. The summed E-state index contributed by atoms with van der Waals surface area (Å²) in [5.74, 6) is 1.47. The standard InChI is InChI=1S/C29H29N5O/c1-22-6-5-9-25(20-22)28-30-15-14-27(32-28)31-26-12-10-24(11-13-26)29(35)34-18-16-33(17-19-34)21-23-7-3-2-4-8-23/h2-15,20H,16-19,21H2,1H3,(H,30,31,32). The summed E-state index contributed by atoms with van der Waals surface area (Å²) in [6, 6.07) is 28.1. The molecule has 176 valence electrons. The number of aryl methyl sites for hydroxylation is 1. The van der Waals surface area contributed by atoms with Crippen molar-refractivity contribution in [1.29, 1.82) is 0 Å². The first kappa shape index (κ1) is 22.7. The lowest BCUT2D eigenvalue weighted by molar-refractivity contribution is 0.0628. The van der Waals surface area contributed by atoms with Crippen LogP contribution >= 0.6 is 0 Å². The van der Waals surface area contributed by atoms with Gasteiger partial charge in [-0.25, -0.2) is 9.97 Å². The Balaban J connectivity index is 1.18. The van der Waals surface area contributed by atoms with E-state index in [-0.39, 0.29) is 5.91 Å².